The fourth-order valence-corrected chi connectivity index (χ4v) is 3.67. The zero-order valence-corrected chi connectivity index (χ0v) is 15.0. The van der Waals surface area contributed by atoms with Gasteiger partial charge in [0.25, 0.3) is 5.91 Å². The molecule has 0 saturated heterocycles. The summed E-state index contributed by atoms with van der Waals surface area (Å²) in [7, 11) is 0. The molecule has 1 aromatic rings. The number of ether oxygens (including phenoxy) is 1. The number of hydrazine groups is 1. The van der Waals surface area contributed by atoms with Crippen molar-refractivity contribution in [3.05, 3.63) is 35.7 Å². The molecule has 0 aromatic heterocycles. The molecule has 1 aromatic carbocycles. The van der Waals surface area contributed by atoms with Crippen molar-refractivity contribution in [3.63, 3.8) is 0 Å². The second kappa shape index (κ2) is 8.08. The molecule has 3 N–H and O–H groups in total. The van der Waals surface area contributed by atoms with Gasteiger partial charge in [-0.3, -0.25) is 15.6 Å². The summed E-state index contributed by atoms with van der Waals surface area (Å²) in [5.74, 6) is -0.598. The van der Waals surface area contributed by atoms with Gasteiger partial charge in [-0.05, 0) is 41.9 Å². The van der Waals surface area contributed by atoms with Crippen LogP contribution in [0.1, 0.15) is 0 Å². The van der Waals surface area contributed by atoms with Gasteiger partial charge in [-0.2, -0.15) is 0 Å². The van der Waals surface area contributed by atoms with Gasteiger partial charge in [0.2, 0.25) is 0 Å². The van der Waals surface area contributed by atoms with E-state index in [1.807, 2.05) is 11.5 Å². The molecule has 2 atom stereocenters. The number of benzene rings is 1. The average molecular weight is 442 g/mol. The Kier molecular flexibility index (Phi) is 6.35. The Hall–Kier alpha value is -1.46. The zero-order chi connectivity index (χ0) is 17.7. The Balaban J connectivity index is 1.79. The van der Waals surface area contributed by atoms with Crippen LogP contribution in [0.2, 0.25) is 0 Å². The summed E-state index contributed by atoms with van der Waals surface area (Å²) in [6, 6.07) is 5.02. The topological polar surface area (TPSA) is 62.4 Å². The maximum atomic E-state index is 12.1. The Morgan fingerprint density at radius 3 is 2.46 bits per heavy atom. The average Bonchev–Trinajstić information content (AvgIpc) is 2.91. The number of carbonyl (C=O) groups excluding carboxylic acids is 1. The number of thiocarbonyl (C=S) groups is 1. The summed E-state index contributed by atoms with van der Waals surface area (Å²) < 4.78 is 40.0. The predicted molar refractivity (Wildman–Crippen MR) is 93.9 cm³/mol. The monoisotopic (exact) mass is 441 g/mol. The van der Waals surface area contributed by atoms with Crippen LogP contribution in [0.4, 0.5) is 18.9 Å². The molecule has 2 unspecified atom stereocenters. The third-order valence-electron chi connectivity index (χ3n) is 2.68. The number of hydrogen-bond acceptors (Lipinski definition) is 4. The lowest BCUT2D eigenvalue weighted by Crippen LogP contribution is -2.48. The molecule has 0 fully saturated rings. The minimum atomic E-state index is -4.74. The van der Waals surface area contributed by atoms with E-state index in [-0.39, 0.29) is 26.8 Å². The highest BCUT2D eigenvalue weighted by Gasteiger charge is 2.31. The molecule has 0 saturated carbocycles. The zero-order valence-electron chi connectivity index (χ0n) is 11.8. The predicted octanol–water partition coefficient (Wildman–Crippen LogP) is 3.30. The largest absolute Gasteiger partial charge is 0.573 e. The molecule has 5 nitrogen and oxygen atoms in total. The standard InChI is InChI=1S/C13H11BrF3N3O2S2/c14-9-5-6-24-10(9)11(21)19-20-12(23)18-7-1-3-8(4-2-7)22-13(15,16)17/h1-6,9-10H,(H,19,21)(H2,18,20,23). The summed E-state index contributed by atoms with van der Waals surface area (Å²) in [5, 5.41) is 4.33. The van der Waals surface area contributed by atoms with E-state index in [0.717, 1.165) is 12.1 Å². The molecule has 24 heavy (non-hydrogen) atoms. The molecule has 130 valence electrons. The maximum Gasteiger partial charge on any atom is 0.573 e. The second-order valence-corrected chi connectivity index (χ2v) is 6.99. The van der Waals surface area contributed by atoms with Gasteiger partial charge in [-0.25, -0.2) is 0 Å². The lowest BCUT2D eigenvalue weighted by molar-refractivity contribution is -0.274. The Labute approximate surface area is 153 Å². The first-order chi connectivity index (χ1) is 11.2. The van der Waals surface area contributed by atoms with Gasteiger partial charge >= 0.3 is 6.36 Å². The Morgan fingerprint density at radius 1 is 1.25 bits per heavy atom. The molecule has 0 aliphatic carbocycles. The first-order valence-electron chi connectivity index (χ1n) is 6.43. The molecule has 0 spiro atoms. The van der Waals surface area contributed by atoms with Crippen LogP contribution in [0.5, 0.6) is 5.75 Å². The van der Waals surface area contributed by atoms with Crippen molar-refractivity contribution in [2.75, 3.05) is 5.32 Å². The van der Waals surface area contributed by atoms with Crippen molar-refractivity contribution >= 4 is 56.6 Å². The number of hydrogen-bond donors (Lipinski definition) is 3. The third kappa shape index (κ3) is 5.87. The van der Waals surface area contributed by atoms with E-state index in [9.17, 15) is 18.0 Å². The van der Waals surface area contributed by atoms with E-state index in [0.29, 0.717) is 5.69 Å². The van der Waals surface area contributed by atoms with Crippen LogP contribution >= 0.6 is 39.9 Å². The van der Waals surface area contributed by atoms with E-state index in [1.165, 1.54) is 23.9 Å². The van der Waals surface area contributed by atoms with Crippen LogP contribution in [-0.4, -0.2) is 27.5 Å². The van der Waals surface area contributed by atoms with Crippen LogP contribution in [0.15, 0.2) is 35.7 Å². The smallest absolute Gasteiger partial charge is 0.406 e. The van der Waals surface area contributed by atoms with Gasteiger partial charge < -0.3 is 10.1 Å². The van der Waals surface area contributed by atoms with Gasteiger partial charge in [0.15, 0.2) is 5.11 Å². The quantitative estimate of drug-likeness (QED) is 0.380. The normalized spacial score (nSPS) is 19.7. The van der Waals surface area contributed by atoms with Crippen LogP contribution in [-0.2, 0) is 4.79 Å². The van der Waals surface area contributed by atoms with E-state index in [2.05, 4.69) is 36.8 Å². The Morgan fingerprint density at radius 2 is 1.92 bits per heavy atom. The molecule has 1 heterocycles. The van der Waals surface area contributed by atoms with E-state index in [4.69, 9.17) is 12.2 Å². The molecular formula is C13H11BrF3N3O2S2. The van der Waals surface area contributed by atoms with Crippen LogP contribution in [0.25, 0.3) is 0 Å². The summed E-state index contributed by atoms with van der Waals surface area (Å²) in [6.07, 6.45) is -2.88. The highest BCUT2D eigenvalue weighted by molar-refractivity contribution is 9.09. The number of nitrogens with one attached hydrogen (secondary N) is 3. The number of amides is 1. The third-order valence-corrected chi connectivity index (χ3v) is 5.18. The summed E-state index contributed by atoms with van der Waals surface area (Å²) in [6.45, 7) is 0. The van der Waals surface area contributed by atoms with Gasteiger partial charge in [0.1, 0.15) is 11.0 Å². The molecule has 1 aliphatic heterocycles. The number of carbonyl (C=O) groups is 1. The van der Waals surface area contributed by atoms with Crippen molar-refractivity contribution < 1.29 is 22.7 Å². The number of anilines is 1. The second-order valence-electron chi connectivity index (χ2n) is 4.47. The SMILES string of the molecule is O=C(NNC(=S)Nc1ccc(OC(F)(F)F)cc1)C1SC=CC1Br. The fraction of sp³-hybridized carbons (Fsp3) is 0.231. The highest BCUT2D eigenvalue weighted by Crippen LogP contribution is 2.29. The van der Waals surface area contributed by atoms with E-state index in [1.54, 1.807) is 0 Å². The van der Waals surface area contributed by atoms with E-state index < -0.39 is 6.36 Å². The summed E-state index contributed by atoms with van der Waals surface area (Å²) in [5.41, 5.74) is 5.43. The van der Waals surface area contributed by atoms with Gasteiger partial charge in [-0.15, -0.1) is 24.9 Å². The molecule has 0 bridgehead atoms. The van der Waals surface area contributed by atoms with Gasteiger partial charge in [0, 0.05) is 5.69 Å². The van der Waals surface area contributed by atoms with Crippen LogP contribution in [0.3, 0.4) is 0 Å². The van der Waals surface area contributed by atoms with Gasteiger partial charge in [-0.1, -0.05) is 22.0 Å². The number of rotatable bonds is 3. The van der Waals surface area contributed by atoms with Crippen molar-refractivity contribution in [1.29, 1.82) is 0 Å². The lowest BCUT2D eigenvalue weighted by Gasteiger charge is -2.16. The molecule has 0 radical (unpaired) electrons. The molecule has 2 rings (SSSR count). The maximum absolute atomic E-state index is 12.1. The molecule has 11 heteroatoms. The lowest BCUT2D eigenvalue weighted by atomic mass is 10.3. The van der Waals surface area contributed by atoms with Crippen molar-refractivity contribution in [2.45, 2.75) is 16.4 Å². The fourth-order valence-electron chi connectivity index (χ4n) is 1.68. The minimum Gasteiger partial charge on any atom is -0.406 e. The van der Waals surface area contributed by atoms with Gasteiger partial charge in [0.05, 0.1) is 4.83 Å². The van der Waals surface area contributed by atoms with Crippen LogP contribution in [0, 0.1) is 0 Å². The van der Waals surface area contributed by atoms with E-state index >= 15 is 0 Å². The number of allylic oxidation sites excluding steroid dienone is 1. The van der Waals surface area contributed by atoms with Crippen molar-refractivity contribution in [3.8, 4) is 5.75 Å². The molecule has 1 aliphatic rings. The first-order valence-corrected chi connectivity index (χ1v) is 8.70. The Bertz CT molecular complexity index is 640. The molecule has 1 amide bonds. The number of halogens is 4. The van der Waals surface area contributed by atoms with Crippen LogP contribution < -0.4 is 20.9 Å². The summed E-state index contributed by atoms with van der Waals surface area (Å²) in [4.78, 5) is 11.9. The summed E-state index contributed by atoms with van der Waals surface area (Å²) >= 11 is 9.72. The minimum absolute atomic E-state index is 0.0630. The number of alkyl halides is 4. The van der Waals surface area contributed by atoms with Crippen molar-refractivity contribution in [1.82, 2.24) is 10.9 Å². The molecular weight excluding hydrogens is 431 g/mol. The number of thioether (sulfide) groups is 1. The first kappa shape index (κ1) is 18.9. The highest BCUT2D eigenvalue weighted by atomic mass is 79.9. The van der Waals surface area contributed by atoms with Crippen molar-refractivity contribution in [2.24, 2.45) is 0 Å².